The summed E-state index contributed by atoms with van der Waals surface area (Å²) in [6.45, 7) is 0.963. The highest BCUT2D eigenvalue weighted by Crippen LogP contribution is 2.30. The Balaban J connectivity index is 1.46. The minimum absolute atomic E-state index is 0.184. The van der Waals surface area contributed by atoms with E-state index in [0.717, 1.165) is 51.5 Å². The molecular weight excluding hydrogens is 378 g/mol. The van der Waals surface area contributed by atoms with E-state index in [9.17, 15) is 4.79 Å². The van der Waals surface area contributed by atoms with Gasteiger partial charge in [-0.15, -0.1) is 10.2 Å². The summed E-state index contributed by atoms with van der Waals surface area (Å²) in [5, 5.41) is 12.6. The Morgan fingerprint density at radius 3 is 2.83 bits per heavy atom. The number of aromatic nitrogens is 4. The van der Waals surface area contributed by atoms with Crippen LogP contribution in [0.4, 0.5) is 5.95 Å². The summed E-state index contributed by atoms with van der Waals surface area (Å²) in [4.78, 5) is 19.8. The van der Waals surface area contributed by atoms with Crippen molar-refractivity contribution in [2.75, 3.05) is 11.9 Å². The lowest BCUT2D eigenvalue weighted by atomic mass is 10.0. The Morgan fingerprint density at radius 2 is 2.00 bits per heavy atom. The highest BCUT2D eigenvalue weighted by molar-refractivity contribution is 5.99. The molecule has 0 spiro atoms. The van der Waals surface area contributed by atoms with Crippen molar-refractivity contribution in [2.24, 2.45) is 11.8 Å². The second kappa shape index (κ2) is 7.72. The molecule has 8 heteroatoms. The molecule has 1 aliphatic rings. The largest absolute Gasteiger partial charge is 0.356 e. The fourth-order valence-electron chi connectivity index (χ4n) is 4.20. The van der Waals surface area contributed by atoms with Crippen LogP contribution in [0, 0.1) is 5.92 Å². The highest BCUT2D eigenvalue weighted by Gasteiger charge is 2.16. The number of carbonyl (C=O) groups excluding carboxylic acids is 1. The van der Waals surface area contributed by atoms with Gasteiger partial charge in [0.2, 0.25) is 5.95 Å². The second-order valence-corrected chi connectivity index (χ2v) is 7.80. The zero-order valence-corrected chi connectivity index (χ0v) is 16.5. The molecule has 5 N–H and O–H groups in total. The Bertz CT molecular complexity index is 1230. The average molecular weight is 401 g/mol. The number of hydrogen-bond donors (Lipinski definition) is 4. The van der Waals surface area contributed by atoms with Gasteiger partial charge in [-0.1, -0.05) is 37.1 Å². The minimum atomic E-state index is -0.466. The SMILES string of the molecule is NNC(=O)c1cc2cccc(-c3ccc4nc(NCC5CCCC5)[nH]c4c3)c2nn1. The van der Waals surface area contributed by atoms with Gasteiger partial charge >= 0.3 is 0 Å². The van der Waals surface area contributed by atoms with Gasteiger partial charge in [0.05, 0.1) is 11.0 Å². The third kappa shape index (κ3) is 3.46. The molecule has 2 aromatic carbocycles. The van der Waals surface area contributed by atoms with Crippen LogP contribution in [0.5, 0.6) is 0 Å². The standard InChI is InChI=1S/C22H23N7O/c23-27-21(30)19-11-15-6-3-7-16(20(15)29-28-19)14-8-9-17-18(10-14)26-22(25-17)24-12-13-4-1-2-5-13/h3,6-11,13H,1-2,4-5,12,23H2,(H,27,30)(H2,24,25,26). The average Bonchev–Trinajstić information content (AvgIpc) is 3.45. The van der Waals surface area contributed by atoms with Crippen molar-refractivity contribution in [2.45, 2.75) is 25.7 Å². The first-order valence-electron chi connectivity index (χ1n) is 10.2. The van der Waals surface area contributed by atoms with Crippen LogP contribution in [0.3, 0.4) is 0 Å². The maximum absolute atomic E-state index is 11.7. The van der Waals surface area contributed by atoms with Crippen LogP contribution in [0.15, 0.2) is 42.5 Å². The molecule has 152 valence electrons. The van der Waals surface area contributed by atoms with Gasteiger partial charge in [-0.05, 0) is 42.5 Å². The van der Waals surface area contributed by atoms with Gasteiger partial charge in [-0.25, -0.2) is 10.8 Å². The number of aromatic amines is 1. The van der Waals surface area contributed by atoms with Gasteiger partial charge in [-0.3, -0.25) is 10.2 Å². The van der Waals surface area contributed by atoms with Crippen molar-refractivity contribution >= 4 is 33.8 Å². The van der Waals surface area contributed by atoms with Crippen molar-refractivity contribution in [3.05, 3.63) is 48.2 Å². The molecule has 5 rings (SSSR count). The third-order valence-electron chi connectivity index (χ3n) is 5.81. The molecule has 30 heavy (non-hydrogen) atoms. The highest BCUT2D eigenvalue weighted by atomic mass is 16.2. The Kier molecular flexibility index (Phi) is 4.76. The summed E-state index contributed by atoms with van der Waals surface area (Å²) >= 11 is 0. The van der Waals surface area contributed by atoms with Crippen molar-refractivity contribution in [3.8, 4) is 11.1 Å². The summed E-state index contributed by atoms with van der Waals surface area (Å²) < 4.78 is 0. The molecule has 0 aliphatic heterocycles. The molecule has 0 atom stereocenters. The molecule has 0 saturated heterocycles. The van der Waals surface area contributed by atoms with Crippen molar-refractivity contribution < 1.29 is 4.79 Å². The summed E-state index contributed by atoms with van der Waals surface area (Å²) in [6, 6.07) is 13.6. The number of nitrogen functional groups attached to an aromatic ring is 1. The fourth-order valence-corrected chi connectivity index (χ4v) is 4.20. The van der Waals surface area contributed by atoms with E-state index in [-0.39, 0.29) is 5.69 Å². The number of rotatable bonds is 5. The maximum Gasteiger partial charge on any atom is 0.285 e. The van der Waals surface area contributed by atoms with Gasteiger partial charge in [0.25, 0.3) is 5.91 Å². The number of fused-ring (bicyclic) bond motifs is 2. The van der Waals surface area contributed by atoms with Gasteiger partial charge in [-0.2, -0.15) is 0 Å². The summed E-state index contributed by atoms with van der Waals surface area (Å²) in [7, 11) is 0. The maximum atomic E-state index is 11.7. The molecule has 8 nitrogen and oxygen atoms in total. The van der Waals surface area contributed by atoms with Gasteiger partial charge in [0.1, 0.15) is 5.52 Å². The monoisotopic (exact) mass is 401 g/mol. The number of H-pyrrole nitrogens is 1. The molecule has 0 bridgehead atoms. The molecular formula is C22H23N7O. The predicted molar refractivity (Wildman–Crippen MR) is 117 cm³/mol. The van der Waals surface area contributed by atoms with Gasteiger partial charge < -0.3 is 10.3 Å². The first kappa shape index (κ1) is 18.5. The topological polar surface area (TPSA) is 122 Å². The normalized spacial score (nSPS) is 14.4. The number of benzene rings is 2. The number of carbonyl (C=O) groups is 1. The third-order valence-corrected chi connectivity index (χ3v) is 5.81. The van der Waals surface area contributed by atoms with Crippen molar-refractivity contribution in [1.82, 2.24) is 25.6 Å². The number of nitrogens with two attached hydrogens (primary N) is 1. The first-order valence-corrected chi connectivity index (χ1v) is 10.2. The number of hydrogen-bond acceptors (Lipinski definition) is 6. The van der Waals surface area contributed by atoms with E-state index < -0.39 is 5.91 Å². The number of amides is 1. The molecule has 0 unspecified atom stereocenters. The molecule has 2 heterocycles. The van der Waals surface area contributed by atoms with E-state index in [0.29, 0.717) is 0 Å². The quantitative estimate of drug-likeness (QED) is 0.231. The number of nitrogens with one attached hydrogen (secondary N) is 3. The van der Waals surface area contributed by atoms with Crippen LogP contribution in [-0.4, -0.2) is 32.6 Å². The smallest absolute Gasteiger partial charge is 0.285 e. The lowest BCUT2D eigenvalue weighted by molar-refractivity contribution is 0.0948. The summed E-state index contributed by atoms with van der Waals surface area (Å²) in [5.41, 5.74) is 6.82. The number of imidazole rings is 1. The molecule has 0 radical (unpaired) electrons. The second-order valence-electron chi connectivity index (χ2n) is 7.80. The minimum Gasteiger partial charge on any atom is -0.356 e. The molecule has 1 saturated carbocycles. The molecule has 1 fully saturated rings. The van der Waals surface area contributed by atoms with Crippen LogP contribution in [0.1, 0.15) is 36.2 Å². The Morgan fingerprint density at radius 1 is 1.13 bits per heavy atom. The zero-order valence-electron chi connectivity index (χ0n) is 16.5. The lowest BCUT2D eigenvalue weighted by Gasteiger charge is -2.08. The molecule has 4 aromatic rings. The Labute approximate surface area is 173 Å². The Hall–Kier alpha value is -3.52. The lowest BCUT2D eigenvalue weighted by Crippen LogP contribution is -2.30. The van der Waals surface area contributed by atoms with Crippen LogP contribution in [-0.2, 0) is 0 Å². The van der Waals surface area contributed by atoms with Gasteiger partial charge in [0.15, 0.2) is 5.69 Å². The van der Waals surface area contributed by atoms with Crippen LogP contribution >= 0.6 is 0 Å². The van der Waals surface area contributed by atoms with Crippen LogP contribution in [0.2, 0.25) is 0 Å². The summed E-state index contributed by atoms with van der Waals surface area (Å²) in [5.74, 6) is 6.29. The predicted octanol–water partition coefficient (Wildman–Crippen LogP) is 3.38. The number of nitrogens with zero attached hydrogens (tertiary/aromatic N) is 3. The molecule has 1 amide bonds. The summed E-state index contributed by atoms with van der Waals surface area (Å²) in [6.07, 6.45) is 5.27. The number of anilines is 1. The van der Waals surface area contributed by atoms with E-state index in [4.69, 9.17) is 5.84 Å². The van der Waals surface area contributed by atoms with E-state index in [2.05, 4.69) is 37.0 Å². The van der Waals surface area contributed by atoms with Gasteiger partial charge in [0, 0.05) is 17.5 Å². The van der Waals surface area contributed by atoms with Crippen LogP contribution < -0.4 is 16.6 Å². The molecule has 1 aliphatic carbocycles. The van der Waals surface area contributed by atoms with Crippen LogP contribution in [0.25, 0.3) is 33.1 Å². The van der Waals surface area contributed by atoms with E-state index in [1.54, 1.807) is 6.07 Å². The number of hydrazine groups is 1. The molecule has 2 aromatic heterocycles. The first-order chi connectivity index (χ1) is 14.7. The van der Waals surface area contributed by atoms with E-state index >= 15 is 0 Å². The van der Waals surface area contributed by atoms with Crippen molar-refractivity contribution in [3.63, 3.8) is 0 Å². The van der Waals surface area contributed by atoms with E-state index in [1.807, 2.05) is 30.3 Å². The van der Waals surface area contributed by atoms with E-state index in [1.165, 1.54) is 25.7 Å². The zero-order chi connectivity index (χ0) is 20.5. The fraction of sp³-hybridized carbons (Fsp3) is 0.273. The van der Waals surface area contributed by atoms with Crippen molar-refractivity contribution in [1.29, 1.82) is 0 Å².